The van der Waals surface area contributed by atoms with E-state index in [2.05, 4.69) is 32.2 Å². The molecule has 0 bridgehead atoms. The van der Waals surface area contributed by atoms with Gasteiger partial charge in [0.05, 0.1) is 0 Å². The molecule has 1 saturated heterocycles. The molecule has 1 aliphatic heterocycles. The third-order valence-corrected chi connectivity index (χ3v) is 5.48. The van der Waals surface area contributed by atoms with Crippen LogP contribution in [-0.4, -0.2) is 75.5 Å². The van der Waals surface area contributed by atoms with Crippen LogP contribution in [0.5, 0.6) is 0 Å². The predicted octanol–water partition coefficient (Wildman–Crippen LogP) is 3.60. The second-order valence-electron chi connectivity index (χ2n) is 7.58. The molecule has 0 spiro atoms. The van der Waals surface area contributed by atoms with Crippen molar-refractivity contribution in [1.82, 2.24) is 15.1 Å². The molecule has 1 amide bonds. The van der Waals surface area contributed by atoms with E-state index in [9.17, 15) is 4.79 Å². The minimum Gasteiger partial charge on any atom is -0.368 e. The molecule has 0 aromatic heterocycles. The molecule has 1 aliphatic rings. The van der Waals surface area contributed by atoms with Crippen LogP contribution in [0.4, 0.5) is 5.69 Å². The van der Waals surface area contributed by atoms with Crippen LogP contribution in [0.1, 0.15) is 15.9 Å². The van der Waals surface area contributed by atoms with Crippen LogP contribution in [0.15, 0.2) is 53.5 Å². The van der Waals surface area contributed by atoms with E-state index in [1.807, 2.05) is 43.4 Å². The van der Waals surface area contributed by atoms with E-state index in [0.717, 1.165) is 66.9 Å². The van der Waals surface area contributed by atoms with E-state index in [4.69, 9.17) is 11.6 Å². The lowest BCUT2D eigenvalue weighted by atomic mass is 10.1. The van der Waals surface area contributed by atoms with Gasteiger partial charge in [-0.3, -0.25) is 9.79 Å². The Morgan fingerprint density at radius 1 is 1.10 bits per heavy atom. The number of nitrogens with one attached hydrogen (secondary N) is 1. The number of nitrogens with zero attached hydrogens (tertiary/aromatic N) is 4. The second-order valence-corrected chi connectivity index (χ2v) is 8.01. The number of halogens is 2. The first-order chi connectivity index (χ1) is 14.5. The molecular weight excluding hydrogens is 525 g/mol. The molecule has 0 radical (unpaired) electrons. The van der Waals surface area contributed by atoms with Gasteiger partial charge in [0.25, 0.3) is 5.91 Å². The molecule has 0 unspecified atom stereocenters. The van der Waals surface area contributed by atoms with E-state index >= 15 is 0 Å². The monoisotopic (exact) mass is 555 g/mol. The highest BCUT2D eigenvalue weighted by atomic mass is 127. The van der Waals surface area contributed by atoms with Crippen LogP contribution in [-0.2, 0) is 6.42 Å². The molecule has 1 heterocycles. The first-order valence-electron chi connectivity index (χ1n) is 10.2. The number of anilines is 1. The zero-order chi connectivity index (χ0) is 21.5. The summed E-state index contributed by atoms with van der Waals surface area (Å²) >= 11 is 6.13. The van der Waals surface area contributed by atoms with Crippen molar-refractivity contribution in [2.24, 2.45) is 4.99 Å². The number of benzene rings is 2. The van der Waals surface area contributed by atoms with Gasteiger partial charge in [0, 0.05) is 70.1 Å². The smallest absolute Gasteiger partial charge is 0.253 e. The van der Waals surface area contributed by atoms with Crippen molar-refractivity contribution in [2.45, 2.75) is 6.42 Å². The zero-order valence-electron chi connectivity index (χ0n) is 18.3. The van der Waals surface area contributed by atoms with Gasteiger partial charge in [-0.05, 0) is 42.3 Å². The Kier molecular flexibility index (Phi) is 9.90. The zero-order valence-corrected chi connectivity index (χ0v) is 21.4. The third-order valence-electron chi connectivity index (χ3n) is 5.24. The standard InChI is InChI=1S/C23H30ClN5O.HI/c1-25-23(26-11-10-18-6-4-7-19(16-18)22(30)27(2)3)29-14-12-28(13-15-29)21-9-5-8-20(24)17-21;/h4-9,16-17H,10-15H2,1-3H3,(H,25,26);1H. The Morgan fingerprint density at radius 3 is 2.45 bits per heavy atom. The summed E-state index contributed by atoms with van der Waals surface area (Å²) in [5, 5.41) is 4.23. The highest BCUT2D eigenvalue weighted by Crippen LogP contribution is 2.20. The van der Waals surface area contributed by atoms with Gasteiger partial charge in [0.2, 0.25) is 0 Å². The van der Waals surface area contributed by atoms with E-state index in [0.29, 0.717) is 0 Å². The van der Waals surface area contributed by atoms with Crippen molar-refractivity contribution in [2.75, 3.05) is 58.8 Å². The fourth-order valence-electron chi connectivity index (χ4n) is 3.62. The van der Waals surface area contributed by atoms with Crippen molar-refractivity contribution in [1.29, 1.82) is 0 Å². The Balaban J connectivity index is 0.00000341. The van der Waals surface area contributed by atoms with Crippen molar-refractivity contribution in [3.8, 4) is 0 Å². The molecule has 31 heavy (non-hydrogen) atoms. The summed E-state index contributed by atoms with van der Waals surface area (Å²) in [6.45, 7) is 4.42. The molecule has 0 aliphatic carbocycles. The maximum Gasteiger partial charge on any atom is 0.253 e. The minimum absolute atomic E-state index is 0. The van der Waals surface area contributed by atoms with Gasteiger partial charge in [0.1, 0.15) is 0 Å². The lowest BCUT2D eigenvalue weighted by molar-refractivity contribution is 0.0827. The number of amides is 1. The van der Waals surface area contributed by atoms with Crippen molar-refractivity contribution in [3.05, 3.63) is 64.7 Å². The molecular formula is C23H31ClIN5O. The maximum atomic E-state index is 12.2. The molecule has 1 fully saturated rings. The van der Waals surface area contributed by atoms with Crippen LogP contribution in [0.3, 0.4) is 0 Å². The van der Waals surface area contributed by atoms with Gasteiger partial charge < -0.3 is 20.0 Å². The normalized spacial score (nSPS) is 14.1. The van der Waals surface area contributed by atoms with Gasteiger partial charge in [-0.2, -0.15) is 0 Å². The van der Waals surface area contributed by atoms with Crippen molar-refractivity contribution >= 4 is 53.1 Å². The summed E-state index contributed by atoms with van der Waals surface area (Å²) < 4.78 is 0. The second kappa shape index (κ2) is 12.1. The molecule has 3 rings (SSSR count). The number of piperazine rings is 1. The average Bonchev–Trinajstić information content (AvgIpc) is 2.76. The van der Waals surface area contributed by atoms with Crippen molar-refractivity contribution < 1.29 is 4.79 Å². The molecule has 0 saturated carbocycles. The summed E-state index contributed by atoms with van der Waals surface area (Å²) in [6.07, 6.45) is 0.829. The fourth-order valence-corrected chi connectivity index (χ4v) is 3.80. The molecule has 0 atom stereocenters. The quantitative estimate of drug-likeness (QED) is 0.348. The highest BCUT2D eigenvalue weighted by molar-refractivity contribution is 14.0. The van der Waals surface area contributed by atoms with E-state index in [-0.39, 0.29) is 29.9 Å². The van der Waals surface area contributed by atoms with E-state index < -0.39 is 0 Å². The maximum absolute atomic E-state index is 12.2. The topological polar surface area (TPSA) is 51.2 Å². The van der Waals surface area contributed by atoms with Crippen LogP contribution in [0.25, 0.3) is 0 Å². The van der Waals surface area contributed by atoms with Crippen LogP contribution >= 0.6 is 35.6 Å². The Labute approximate surface area is 207 Å². The van der Waals surface area contributed by atoms with E-state index in [1.54, 1.807) is 19.0 Å². The summed E-state index contributed by atoms with van der Waals surface area (Å²) in [5.74, 6) is 0.944. The molecule has 1 N–H and O–H groups in total. The molecule has 6 nitrogen and oxygen atoms in total. The third kappa shape index (κ3) is 7.00. The minimum atomic E-state index is 0. The average molecular weight is 556 g/mol. The predicted molar refractivity (Wildman–Crippen MR) is 140 cm³/mol. The number of guanidine groups is 1. The highest BCUT2D eigenvalue weighted by Gasteiger charge is 2.20. The number of aliphatic imine (C=N–C) groups is 1. The number of hydrogen-bond donors (Lipinski definition) is 1. The molecule has 2 aromatic rings. The lowest BCUT2D eigenvalue weighted by Crippen LogP contribution is -2.52. The number of carbonyl (C=O) groups excluding carboxylic acids is 1. The Bertz CT molecular complexity index is 897. The number of carbonyl (C=O) groups is 1. The van der Waals surface area contributed by atoms with Crippen LogP contribution in [0.2, 0.25) is 5.02 Å². The van der Waals surface area contributed by atoms with Crippen LogP contribution < -0.4 is 10.2 Å². The first-order valence-corrected chi connectivity index (χ1v) is 10.6. The summed E-state index contributed by atoms with van der Waals surface area (Å²) in [7, 11) is 5.36. The molecule has 2 aromatic carbocycles. The number of hydrogen-bond acceptors (Lipinski definition) is 3. The van der Waals surface area contributed by atoms with Gasteiger partial charge in [-0.25, -0.2) is 0 Å². The van der Waals surface area contributed by atoms with Gasteiger partial charge in [-0.15, -0.1) is 24.0 Å². The largest absolute Gasteiger partial charge is 0.368 e. The van der Waals surface area contributed by atoms with Crippen molar-refractivity contribution in [3.63, 3.8) is 0 Å². The fraction of sp³-hybridized carbons (Fsp3) is 0.391. The van der Waals surface area contributed by atoms with Gasteiger partial charge in [0.15, 0.2) is 5.96 Å². The first kappa shape index (κ1) is 25.3. The van der Waals surface area contributed by atoms with Gasteiger partial charge in [-0.1, -0.05) is 29.8 Å². The van der Waals surface area contributed by atoms with Crippen LogP contribution in [0, 0.1) is 0 Å². The lowest BCUT2D eigenvalue weighted by Gasteiger charge is -2.37. The Hall–Kier alpha value is -2.00. The molecule has 8 heteroatoms. The number of rotatable bonds is 5. The van der Waals surface area contributed by atoms with E-state index in [1.165, 1.54) is 0 Å². The SMILES string of the molecule is CN=C(NCCc1cccc(C(=O)N(C)C)c1)N1CCN(c2cccc(Cl)c2)CC1.I. The Morgan fingerprint density at radius 2 is 1.81 bits per heavy atom. The summed E-state index contributed by atoms with van der Waals surface area (Å²) in [5.41, 5.74) is 3.02. The summed E-state index contributed by atoms with van der Waals surface area (Å²) in [6, 6.07) is 15.8. The summed E-state index contributed by atoms with van der Waals surface area (Å²) in [4.78, 5) is 22.8. The van der Waals surface area contributed by atoms with Gasteiger partial charge >= 0.3 is 0 Å². The molecule has 168 valence electrons.